The number of hydrogen-bond acceptors (Lipinski definition) is 6. The number of aryl methyl sites for hydroxylation is 1. The highest BCUT2D eigenvalue weighted by Crippen LogP contribution is 2.23. The van der Waals surface area contributed by atoms with Crippen LogP contribution in [-0.4, -0.2) is 20.9 Å². The molecular weight excluding hydrogens is 330 g/mol. The van der Waals surface area contributed by atoms with Gasteiger partial charge in [0.2, 0.25) is 5.88 Å². The molecule has 0 radical (unpaired) electrons. The van der Waals surface area contributed by atoms with Crippen LogP contribution >= 0.6 is 0 Å². The molecule has 7 heteroatoms. The van der Waals surface area contributed by atoms with Crippen LogP contribution < -0.4 is 10.1 Å². The monoisotopic (exact) mass is 345 g/mol. The second kappa shape index (κ2) is 7.85. The first-order valence-electron chi connectivity index (χ1n) is 7.84. The summed E-state index contributed by atoms with van der Waals surface area (Å²) in [5, 5.41) is 11.7. The number of aromatic nitrogens is 3. The minimum absolute atomic E-state index is 0.162. The normalized spacial score (nSPS) is 10.0. The lowest BCUT2D eigenvalue weighted by atomic mass is 10.2. The van der Waals surface area contributed by atoms with Crippen LogP contribution in [-0.2, 0) is 6.54 Å². The molecule has 0 aliphatic carbocycles. The fraction of sp³-hybridized carbons (Fsp3) is 0.105. The third kappa shape index (κ3) is 4.19. The average Bonchev–Trinajstić information content (AvgIpc) is 2.68. The summed E-state index contributed by atoms with van der Waals surface area (Å²) in [6.07, 6.45) is 4.79. The standard InChI is InChI=1S/C19H15N5O2/c1-13-10-23-15(11-22-13)12-24-18(25)17-6-3-7-21-19(17)26-16-5-2-4-14(8-16)9-20/h2-8,10-11H,12H2,1H3,(H,24,25). The number of pyridine rings is 1. The van der Waals surface area contributed by atoms with E-state index in [0.29, 0.717) is 17.0 Å². The van der Waals surface area contributed by atoms with Crippen LogP contribution in [0.4, 0.5) is 0 Å². The third-order valence-electron chi connectivity index (χ3n) is 3.46. The predicted molar refractivity (Wildman–Crippen MR) is 93.4 cm³/mol. The van der Waals surface area contributed by atoms with Gasteiger partial charge in [0.25, 0.3) is 5.91 Å². The van der Waals surface area contributed by atoms with Crippen LogP contribution in [0.5, 0.6) is 11.6 Å². The molecule has 0 atom stereocenters. The third-order valence-corrected chi connectivity index (χ3v) is 3.46. The topological polar surface area (TPSA) is 101 Å². The van der Waals surface area contributed by atoms with Gasteiger partial charge in [0.05, 0.1) is 35.8 Å². The molecule has 128 valence electrons. The highest BCUT2D eigenvalue weighted by atomic mass is 16.5. The molecule has 0 saturated heterocycles. The van der Waals surface area contributed by atoms with Crippen molar-refractivity contribution >= 4 is 5.91 Å². The first-order valence-corrected chi connectivity index (χ1v) is 7.84. The van der Waals surface area contributed by atoms with Gasteiger partial charge in [-0.25, -0.2) is 4.98 Å². The molecule has 1 amide bonds. The first kappa shape index (κ1) is 17.0. The zero-order valence-electron chi connectivity index (χ0n) is 14.0. The maximum Gasteiger partial charge on any atom is 0.257 e. The zero-order chi connectivity index (χ0) is 18.4. The number of nitriles is 1. The molecule has 0 spiro atoms. The van der Waals surface area contributed by atoms with Gasteiger partial charge in [-0.1, -0.05) is 6.07 Å². The van der Waals surface area contributed by atoms with Gasteiger partial charge >= 0.3 is 0 Å². The molecule has 1 N–H and O–H groups in total. The molecule has 3 aromatic rings. The molecule has 2 heterocycles. The predicted octanol–water partition coefficient (Wildman–Crippen LogP) is 2.77. The zero-order valence-corrected chi connectivity index (χ0v) is 14.0. The Bertz CT molecular complexity index is 964. The molecule has 3 rings (SSSR count). The van der Waals surface area contributed by atoms with Gasteiger partial charge < -0.3 is 10.1 Å². The molecule has 0 unspecified atom stereocenters. The number of hydrogen-bond donors (Lipinski definition) is 1. The van der Waals surface area contributed by atoms with E-state index < -0.39 is 0 Å². The van der Waals surface area contributed by atoms with Crippen LogP contribution in [0.3, 0.4) is 0 Å². The van der Waals surface area contributed by atoms with Crippen molar-refractivity contribution < 1.29 is 9.53 Å². The molecule has 0 saturated carbocycles. The van der Waals surface area contributed by atoms with Crippen LogP contribution in [0.1, 0.15) is 27.3 Å². The highest BCUT2D eigenvalue weighted by Gasteiger charge is 2.14. The number of ether oxygens (including phenoxy) is 1. The van der Waals surface area contributed by atoms with Crippen molar-refractivity contribution in [3.8, 4) is 17.7 Å². The van der Waals surface area contributed by atoms with E-state index in [2.05, 4.69) is 20.3 Å². The number of benzene rings is 1. The van der Waals surface area contributed by atoms with Crippen LogP contribution in [0, 0.1) is 18.3 Å². The summed E-state index contributed by atoms with van der Waals surface area (Å²) >= 11 is 0. The minimum atomic E-state index is -0.341. The molecule has 0 aliphatic heterocycles. The van der Waals surface area contributed by atoms with E-state index in [-0.39, 0.29) is 23.9 Å². The van der Waals surface area contributed by atoms with Crippen molar-refractivity contribution in [2.24, 2.45) is 0 Å². The van der Waals surface area contributed by atoms with E-state index in [9.17, 15) is 4.79 Å². The molecule has 2 aromatic heterocycles. The lowest BCUT2D eigenvalue weighted by Gasteiger charge is -2.10. The summed E-state index contributed by atoms with van der Waals surface area (Å²) in [4.78, 5) is 25.0. The van der Waals surface area contributed by atoms with E-state index in [4.69, 9.17) is 10.00 Å². The van der Waals surface area contributed by atoms with Gasteiger partial charge in [-0.15, -0.1) is 0 Å². The maximum absolute atomic E-state index is 12.5. The Labute approximate surface area is 150 Å². The van der Waals surface area contributed by atoms with E-state index in [0.717, 1.165) is 5.69 Å². The van der Waals surface area contributed by atoms with Gasteiger partial charge in [-0.2, -0.15) is 5.26 Å². The molecule has 0 aliphatic rings. The number of carbonyl (C=O) groups is 1. The Morgan fingerprint density at radius 1 is 1.19 bits per heavy atom. The second-order valence-corrected chi connectivity index (χ2v) is 5.43. The van der Waals surface area contributed by atoms with E-state index in [1.807, 2.05) is 13.0 Å². The quantitative estimate of drug-likeness (QED) is 0.763. The molecule has 1 aromatic carbocycles. The lowest BCUT2D eigenvalue weighted by Crippen LogP contribution is -2.24. The van der Waals surface area contributed by atoms with E-state index in [1.54, 1.807) is 48.8 Å². The smallest absolute Gasteiger partial charge is 0.257 e. The highest BCUT2D eigenvalue weighted by molar-refractivity contribution is 5.96. The number of amides is 1. The number of carbonyl (C=O) groups excluding carboxylic acids is 1. The van der Waals surface area contributed by atoms with Crippen molar-refractivity contribution in [3.05, 3.63) is 77.5 Å². The van der Waals surface area contributed by atoms with E-state index >= 15 is 0 Å². The van der Waals surface area contributed by atoms with Crippen molar-refractivity contribution in [1.29, 1.82) is 5.26 Å². The Hall–Kier alpha value is -3.79. The number of rotatable bonds is 5. The first-order chi connectivity index (χ1) is 12.7. The van der Waals surface area contributed by atoms with Crippen LogP contribution in [0.2, 0.25) is 0 Å². The van der Waals surface area contributed by atoms with Crippen LogP contribution in [0.25, 0.3) is 0 Å². The van der Waals surface area contributed by atoms with Crippen molar-refractivity contribution in [2.75, 3.05) is 0 Å². The Balaban J connectivity index is 1.74. The molecular formula is C19H15N5O2. The minimum Gasteiger partial charge on any atom is -0.438 e. The Morgan fingerprint density at radius 3 is 2.85 bits per heavy atom. The summed E-state index contributed by atoms with van der Waals surface area (Å²) in [6, 6.07) is 12.0. The maximum atomic E-state index is 12.5. The number of nitrogens with one attached hydrogen (secondary N) is 1. The van der Waals surface area contributed by atoms with Crippen molar-refractivity contribution in [1.82, 2.24) is 20.3 Å². The fourth-order valence-electron chi connectivity index (χ4n) is 2.16. The Kier molecular flexibility index (Phi) is 5.15. The second-order valence-electron chi connectivity index (χ2n) is 5.43. The van der Waals surface area contributed by atoms with Gasteiger partial charge in [0.15, 0.2) is 0 Å². The van der Waals surface area contributed by atoms with E-state index in [1.165, 1.54) is 6.20 Å². The van der Waals surface area contributed by atoms with Gasteiger partial charge in [-0.05, 0) is 37.3 Å². The Morgan fingerprint density at radius 2 is 2.08 bits per heavy atom. The SMILES string of the molecule is Cc1cnc(CNC(=O)c2cccnc2Oc2cccc(C#N)c2)cn1. The van der Waals surface area contributed by atoms with Crippen molar-refractivity contribution in [2.45, 2.75) is 13.5 Å². The molecule has 0 bridgehead atoms. The fourth-order valence-corrected chi connectivity index (χ4v) is 2.16. The average molecular weight is 345 g/mol. The van der Waals surface area contributed by atoms with Crippen molar-refractivity contribution in [3.63, 3.8) is 0 Å². The molecule has 0 fully saturated rings. The van der Waals surface area contributed by atoms with Gasteiger partial charge in [0.1, 0.15) is 11.3 Å². The summed E-state index contributed by atoms with van der Waals surface area (Å²) in [7, 11) is 0. The lowest BCUT2D eigenvalue weighted by molar-refractivity contribution is 0.0947. The van der Waals surface area contributed by atoms with Crippen LogP contribution in [0.15, 0.2) is 55.0 Å². The summed E-state index contributed by atoms with van der Waals surface area (Å²) in [5.41, 5.74) is 2.21. The summed E-state index contributed by atoms with van der Waals surface area (Å²) in [5.74, 6) is 0.253. The largest absolute Gasteiger partial charge is 0.438 e. The number of nitrogens with zero attached hydrogens (tertiary/aromatic N) is 4. The van der Waals surface area contributed by atoms with Gasteiger partial charge in [-0.3, -0.25) is 14.8 Å². The summed E-state index contributed by atoms with van der Waals surface area (Å²) < 4.78 is 5.69. The van der Waals surface area contributed by atoms with Gasteiger partial charge in [0, 0.05) is 12.4 Å². The molecule has 7 nitrogen and oxygen atoms in total. The summed E-state index contributed by atoms with van der Waals surface area (Å²) in [6.45, 7) is 2.08. The molecule has 26 heavy (non-hydrogen) atoms.